The van der Waals surface area contributed by atoms with E-state index in [1.807, 2.05) is 6.08 Å². The van der Waals surface area contributed by atoms with E-state index in [-0.39, 0.29) is 18.5 Å². The van der Waals surface area contributed by atoms with Crippen LogP contribution in [0.15, 0.2) is 36.5 Å². The lowest BCUT2D eigenvalue weighted by Gasteiger charge is -2.20. The minimum absolute atomic E-state index is 0.0123. The van der Waals surface area contributed by atoms with Crippen molar-refractivity contribution in [3.63, 3.8) is 0 Å². The molecule has 1 amide bonds. The van der Waals surface area contributed by atoms with Crippen LogP contribution in [0.5, 0.6) is 0 Å². The summed E-state index contributed by atoms with van der Waals surface area (Å²) in [6, 6.07) is -0.624. The lowest BCUT2D eigenvalue weighted by atomic mass is 10.0. The highest BCUT2D eigenvalue weighted by atomic mass is 16.5. The molecule has 6 nitrogen and oxygen atoms in total. The van der Waals surface area contributed by atoms with Crippen molar-refractivity contribution in [2.75, 3.05) is 13.2 Å². The Hall–Kier alpha value is -1.92. The van der Waals surface area contributed by atoms with E-state index in [9.17, 15) is 19.8 Å². The molecule has 0 aromatic carbocycles. The van der Waals surface area contributed by atoms with Gasteiger partial charge in [-0.05, 0) is 83.5 Å². The van der Waals surface area contributed by atoms with E-state index in [0.29, 0.717) is 19.4 Å². The number of hydrogen-bond donors (Lipinski definition) is 3. The number of amides is 1. The van der Waals surface area contributed by atoms with Crippen LogP contribution < -0.4 is 5.32 Å². The number of carbonyl (C=O) groups is 2. The van der Waals surface area contributed by atoms with Crippen LogP contribution in [-0.4, -0.2) is 47.4 Å². The molecular formula is C76H145NO5. The van der Waals surface area contributed by atoms with Crippen LogP contribution in [0.1, 0.15) is 412 Å². The maximum Gasteiger partial charge on any atom is 0.305 e. The normalized spacial score (nSPS) is 12.7. The zero-order chi connectivity index (χ0) is 59.2. The van der Waals surface area contributed by atoms with E-state index in [2.05, 4.69) is 43.5 Å². The van der Waals surface area contributed by atoms with Gasteiger partial charge in [0.15, 0.2) is 0 Å². The highest BCUT2D eigenvalue weighted by molar-refractivity contribution is 5.76. The summed E-state index contributed by atoms with van der Waals surface area (Å²) in [5, 5.41) is 23.2. The third kappa shape index (κ3) is 67.2. The van der Waals surface area contributed by atoms with Crippen molar-refractivity contribution < 1.29 is 24.5 Å². The summed E-state index contributed by atoms with van der Waals surface area (Å²) in [5.41, 5.74) is 0. The SMILES string of the molecule is CCCCCC/C=C\CCCCCCCC(=O)OCCCCCCCCCCCCCCCCCC/C=C\CCCCCCCCCCCCCCCCCCCC(=O)NC(CO)C(O)/C=C/CCCCCCCCCCCCCCC. The molecule has 0 fully saturated rings. The Balaban J connectivity index is 3.34. The van der Waals surface area contributed by atoms with Crippen molar-refractivity contribution in [2.45, 2.75) is 424 Å². The Bertz CT molecular complexity index is 1330. The van der Waals surface area contributed by atoms with E-state index in [4.69, 9.17) is 4.74 Å². The second-order valence-corrected chi connectivity index (χ2v) is 25.6. The number of ether oxygens (including phenoxy) is 1. The Morgan fingerprint density at radius 1 is 0.329 bits per heavy atom. The molecule has 82 heavy (non-hydrogen) atoms. The average molecular weight is 1150 g/mol. The summed E-state index contributed by atoms with van der Waals surface area (Å²) in [6.45, 7) is 4.92. The number of esters is 1. The molecule has 0 rings (SSSR count). The lowest BCUT2D eigenvalue weighted by molar-refractivity contribution is -0.143. The predicted molar refractivity (Wildman–Crippen MR) is 361 cm³/mol. The highest BCUT2D eigenvalue weighted by Gasteiger charge is 2.18. The second kappa shape index (κ2) is 71.6. The third-order valence-corrected chi connectivity index (χ3v) is 17.4. The molecule has 0 radical (unpaired) electrons. The molecule has 6 heteroatoms. The van der Waals surface area contributed by atoms with E-state index in [0.717, 1.165) is 44.9 Å². The van der Waals surface area contributed by atoms with Crippen LogP contribution in [0.4, 0.5) is 0 Å². The van der Waals surface area contributed by atoms with Crippen molar-refractivity contribution in [1.29, 1.82) is 0 Å². The fraction of sp³-hybridized carbons (Fsp3) is 0.895. The monoisotopic (exact) mass is 1150 g/mol. The summed E-state index contributed by atoms with van der Waals surface area (Å²) >= 11 is 0. The largest absolute Gasteiger partial charge is 0.466 e. The van der Waals surface area contributed by atoms with Crippen molar-refractivity contribution in [3.05, 3.63) is 36.5 Å². The van der Waals surface area contributed by atoms with E-state index >= 15 is 0 Å². The van der Waals surface area contributed by atoms with Crippen molar-refractivity contribution in [2.24, 2.45) is 0 Å². The van der Waals surface area contributed by atoms with Gasteiger partial charge in [0, 0.05) is 12.8 Å². The molecule has 0 saturated heterocycles. The minimum Gasteiger partial charge on any atom is -0.466 e. The van der Waals surface area contributed by atoms with Crippen LogP contribution in [0.2, 0.25) is 0 Å². The summed E-state index contributed by atoms with van der Waals surface area (Å²) in [4.78, 5) is 24.5. The number of allylic oxidation sites excluding steroid dienone is 5. The first-order valence-electron chi connectivity index (χ1n) is 37.3. The fourth-order valence-corrected chi connectivity index (χ4v) is 11.7. The Morgan fingerprint density at radius 2 is 0.573 bits per heavy atom. The predicted octanol–water partition coefficient (Wildman–Crippen LogP) is 24.3. The maximum atomic E-state index is 12.5. The molecule has 0 aromatic rings. The van der Waals surface area contributed by atoms with Gasteiger partial charge in [0.25, 0.3) is 0 Å². The summed E-state index contributed by atoms with van der Waals surface area (Å²) in [5.74, 6) is -0.0493. The Kier molecular flexibility index (Phi) is 69.9. The smallest absolute Gasteiger partial charge is 0.305 e. The number of unbranched alkanes of at least 4 members (excludes halogenated alkanes) is 55. The van der Waals surface area contributed by atoms with Gasteiger partial charge in [0.1, 0.15) is 0 Å². The van der Waals surface area contributed by atoms with E-state index < -0.39 is 12.1 Å². The molecule has 484 valence electrons. The molecule has 0 aliphatic heterocycles. The van der Waals surface area contributed by atoms with Gasteiger partial charge in [-0.25, -0.2) is 0 Å². The van der Waals surface area contributed by atoms with Gasteiger partial charge in [-0.15, -0.1) is 0 Å². The number of aliphatic hydroxyl groups excluding tert-OH is 2. The Labute approximate surface area is 513 Å². The quantitative estimate of drug-likeness (QED) is 0.0320. The molecule has 0 heterocycles. The highest BCUT2D eigenvalue weighted by Crippen LogP contribution is 2.19. The first kappa shape index (κ1) is 80.1. The van der Waals surface area contributed by atoms with E-state index in [1.165, 1.54) is 340 Å². The van der Waals surface area contributed by atoms with Crippen LogP contribution in [0.3, 0.4) is 0 Å². The molecule has 2 atom stereocenters. The van der Waals surface area contributed by atoms with Crippen LogP contribution in [0, 0.1) is 0 Å². The first-order chi connectivity index (χ1) is 40.5. The molecule has 0 aliphatic rings. The molecule has 0 aromatic heterocycles. The zero-order valence-electron chi connectivity index (χ0n) is 55.5. The van der Waals surface area contributed by atoms with Gasteiger partial charge in [-0.3, -0.25) is 9.59 Å². The average Bonchev–Trinajstić information content (AvgIpc) is 3.48. The topological polar surface area (TPSA) is 95.9 Å². The van der Waals surface area contributed by atoms with Gasteiger partial charge in [0.2, 0.25) is 5.91 Å². The standard InChI is InChI=1S/C76H145NO5/c1-3-5-7-9-11-13-15-17-41-45-48-52-56-60-64-68-74(79)73(72-78)77-75(80)69-65-61-57-53-49-46-42-39-37-35-33-31-29-27-25-23-21-19-18-20-22-24-26-28-30-32-34-36-38-40-43-47-51-55-59-63-67-71-82-76(81)70-66-62-58-54-50-44-16-14-12-10-8-6-4-2/h14,16,18,20,64,68,73-74,78-79H,3-13,15,17,19,21-63,65-67,69-72H2,1-2H3,(H,77,80)/b16-14-,20-18-,68-64+. The molecule has 0 spiro atoms. The lowest BCUT2D eigenvalue weighted by Crippen LogP contribution is -2.45. The van der Waals surface area contributed by atoms with Gasteiger partial charge in [-0.1, -0.05) is 352 Å². The third-order valence-electron chi connectivity index (χ3n) is 17.4. The number of hydrogen-bond acceptors (Lipinski definition) is 5. The number of carbonyl (C=O) groups excluding carboxylic acids is 2. The molecule has 2 unspecified atom stereocenters. The molecule has 0 aliphatic carbocycles. The number of rotatable bonds is 70. The van der Waals surface area contributed by atoms with Crippen LogP contribution in [0.25, 0.3) is 0 Å². The van der Waals surface area contributed by atoms with Crippen LogP contribution >= 0.6 is 0 Å². The number of aliphatic hydroxyl groups is 2. The molecule has 0 saturated carbocycles. The van der Waals surface area contributed by atoms with Crippen molar-refractivity contribution >= 4 is 11.9 Å². The van der Waals surface area contributed by atoms with Gasteiger partial charge in [-0.2, -0.15) is 0 Å². The summed E-state index contributed by atoms with van der Waals surface area (Å²) in [7, 11) is 0. The minimum atomic E-state index is -0.841. The summed E-state index contributed by atoms with van der Waals surface area (Å²) < 4.78 is 5.48. The second-order valence-electron chi connectivity index (χ2n) is 25.6. The van der Waals surface area contributed by atoms with Crippen molar-refractivity contribution in [3.8, 4) is 0 Å². The van der Waals surface area contributed by atoms with Gasteiger partial charge in [0.05, 0.1) is 25.4 Å². The van der Waals surface area contributed by atoms with Crippen LogP contribution in [-0.2, 0) is 14.3 Å². The molecule has 0 bridgehead atoms. The molecule has 3 N–H and O–H groups in total. The zero-order valence-corrected chi connectivity index (χ0v) is 55.5. The Morgan fingerprint density at radius 3 is 0.878 bits per heavy atom. The maximum absolute atomic E-state index is 12.5. The van der Waals surface area contributed by atoms with Gasteiger partial charge < -0.3 is 20.3 Å². The molecular weight excluding hydrogens is 1010 g/mol. The van der Waals surface area contributed by atoms with Crippen molar-refractivity contribution in [1.82, 2.24) is 5.32 Å². The summed E-state index contributed by atoms with van der Waals surface area (Å²) in [6.07, 6.45) is 92.6. The van der Waals surface area contributed by atoms with E-state index in [1.54, 1.807) is 6.08 Å². The fourth-order valence-electron chi connectivity index (χ4n) is 11.7. The van der Waals surface area contributed by atoms with Gasteiger partial charge >= 0.3 is 5.97 Å². The number of nitrogens with one attached hydrogen (secondary N) is 1. The first-order valence-corrected chi connectivity index (χ1v) is 37.3.